The van der Waals surface area contributed by atoms with Crippen LogP contribution >= 0.6 is 0 Å². The highest BCUT2D eigenvalue weighted by Crippen LogP contribution is 2.29. The van der Waals surface area contributed by atoms with Crippen LogP contribution in [0.15, 0.2) is 28.7 Å². The third kappa shape index (κ3) is 5.13. The van der Waals surface area contributed by atoms with Gasteiger partial charge in [-0.05, 0) is 50.8 Å². The van der Waals surface area contributed by atoms with Crippen LogP contribution in [0.5, 0.6) is 0 Å². The van der Waals surface area contributed by atoms with E-state index in [9.17, 15) is 14.4 Å². The Morgan fingerprint density at radius 1 is 1.15 bits per heavy atom. The van der Waals surface area contributed by atoms with E-state index in [4.69, 9.17) is 4.42 Å². The highest BCUT2D eigenvalue weighted by Gasteiger charge is 2.30. The number of Topliss-reactive ketones (excluding diaryl/α,β-unsaturated/α-hetero) is 1. The molecule has 0 saturated carbocycles. The minimum Gasteiger partial charge on any atom is -0.455 e. The molecule has 2 amide bonds. The molecule has 33 heavy (non-hydrogen) atoms. The maximum Gasteiger partial charge on any atom is 0.287 e. The van der Waals surface area contributed by atoms with E-state index in [1.807, 2.05) is 25.1 Å². The van der Waals surface area contributed by atoms with Gasteiger partial charge in [-0.25, -0.2) is 0 Å². The largest absolute Gasteiger partial charge is 0.455 e. The van der Waals surface area contributed by atoms with Crippen molar-refractivity contribution in [1.82, 2.24) is 5.32 Å². The Kier molecular flexibility index (Phi) is 7.16. The Morgan fingerprint density at radius 3 is 2.67 bits per heavy atom. The SMILES string of the molecule is CCCCC(NC(=O)c1oc2c(c1C)C(=O)CCC2)C(=O)Nc1cccc(N2CCCC2)c1. The van der Waals surface area contributed by atoms with Gasteiger partial charge in [0.05, 0.1) is 5.56 Å². The number of nitrogens with zero attached hydrogens (tertiary/aromatic N) is 1. The van der Waals surface area contributed by atoms with Crippen molar-refractivity contribution in [2.45, 2.75) is 71.3 Å². The average Bonchev–Trinajstić information content (AvgIpc) is 3.46. The molecule has 2 heterocycles. The molecule has 2 aromatic rings. The smallest absolute Gasteiger partial charge is 0.287 e. The molecular formula is C26H33N3O4. The molecule has 0 spiro atoms. The molecule has 1 unspecified atom stereocenters. The van der Waals surface area contributed by atoms with Gasteiger partial charge in [0, 0.05) is 42.9 Å². The van der Waals surface area contributed by atoms with Crippen LogP contribution in [0.1, 0.15) is 84.1 Å². The van der Waals surface area contributed by atoms with Crippen LogP contribution in [-0.2, 0) is 11.2 Å². The summed E-state index contributed by atoms with van der Waals surface area (Å²) in [5.74, 6) is 0.0506. The molecule has 1 fully saturated rings. The summed E-state index contributed by atoms with van der Waals surface area (Å²) in [7, 11) is 0. The molecular weight excluding hydrogens is 418 g/mol. The van der Waals surface area contributed by atoms with Crippen LogP contribution in [-0.4, -0.2) is 36.7 Å². The van der Waals surface area contributed by atoms with Crippen molar-refractivity contribution < 1.29 is 18.8 Å². The fourth-order valence-corrected chi connectivity index (χ4v) is 4.75. The maximum atomic E-state index is 13.1. The predicted molar refractivity (Wildman–Crippen MR) is 128 cm³/mol. The molecule has 0 bridgehead atoms. The van der Waals surface area contributed by atoms with Crippen molar-refractivity contribution >= 4 is 29.0 Å². The highest BCUT2D eigenvalue weighted by molar-refractivity contribution is 6.05. The van der Waals surface area contributed by atoms with Crippen LogP contribution in [0.25, 0.3) is 0 Å². The van der Waals surface area contributed by atoms with Gasteiger partial charge in [0.15, 0.2) is 11.5 Å². The molecule has 1 aliphatic carbocycles. The Balaban J connectivity index is 1.48. The minimum absolute atomic E-state index is 0.0229. The van der Waals surface area contributed by atoms with E-state index < -0.39 is 11.9 Å². The summed E-state index contributed by atoms with van der Waals surface area (Å²) in [6.07, 6.45) is 6.47. The third-order valence-corrected chi connectivity index (χ3v) is 6.57. The van der Waals surface area contributed by atoms with Gasteiger partial charge in [0.2, 0.25) is 5.91 Å². The number of aryl methyl sites for hydroxylation is 1. The number of carbonyl (C=O) groups excluding carboxylic acids is 3. The van der Waals surface area contributed by atoms with Crippen molar-refractivity contribution in [3.05, 3.63) is 46.9 Å². The van der Waals surface area contributed by atoms with E-state index in [0.29, 0.717) is 36.1 Å². The average molecular weight is 452 g/mol. The topological polar surface area (TPSA) is 91.6 Å². The Morgan fingerprint density at radius 2 is 1.94 bits per heavy atom. The number of anilines is 2. The van der Waals surface area contributed by atoms with Crippen LogP contribution in [0.4, 0.5) is 11.4 Å². The van der Waals surface area contributed by atoms with Gasteiger partial charge in [-0.2, -0.15) is 0 Å². The molecule has 2 N–H and O–H groups in total. The molecule has 1 aromatic carbocycles. The molecule has 176 valence electrons. The second kappa shape index (κ2) is 10.2. The van der Waals surface area contributed by atoms with Crippen molar-refractivity contribution in [1.29, 1.82) is 0 Å². The lowest BCUT2D eigenvalue weighted by Gasteiger charge is -2.20. The zero-order chi connectivity index (χ0) is 23.4. The number of carbonyl (C=O) groups is 3. The number of ketones is 1. The van der Waals surface area contributed by atoms with E-state index >= 15 is 0 Å². The van der Waals surface area contributed by atoms with Crippen molar-refractivity contribution in [2.75, 3.05) is 23.3 Å². The van der Waals surface area contributed by atoms with Crippen LogP contribution in [0.3, 0.4) is 0 Å². The van der Waals surface area contributed by atoms with Crippen LogP contribution in [0.2, 0.25) is 0 Å². The van der Waals surface area contributed by atoms with E-state index in [1.165, 1.54) is 12.8 Å². The first-order chi connectivity index (χ1) is 16.0. The van der Waals surface area contributed by atoms with Gasteiger partial charge in [-0.3, -0.25) is 14.4 Å². The summed E-state index contributed by atoms with van der Waals surface area (Å²) >= 11 is 0. The number of furan rings is 1. The Bertz CT molecular complexity index is 1040. The molecule has 4 rings (SSSR count). The van der Waals surface area contributed by atoms with Gasteiger partial charge in [0.1, 0.15) is 11.8 Å². The summed E-state index contributed by atoms with van der Waals surface area (Å²) in [6.45, 7) is 5.85. The van der Waals surface area contributed by atoms with Gasteiger partial charge in [-0.1, -0.05) is 25.8 Å². The Hall–Kier alpha value is -3.09. The van der Waals surface area contributed by atoms with Crippen molar-refractivity contribution in [2.24, 2.45) is 0 Å². The van der Waals surface area contributed by atoms with Crippen LogP contribution < -0.4 is 15.5 Å². The Labute approximate surface area is 194 Å². The molecule has 7 nitrogen and oxygen atoms in total. The summed E-state index contributed by atoms with van der Waals surface area (Å²) in [4.78, 5) is 40.8. The zero-order valence-electron chi connectivity index (χ0n) is 19.5. The number of hydrogen-bond donors (Lipinski definition) is 2. The zero-order valence-corrected chi connectivity index (χ0v) is 19.5. The number of amides is 2. The number of nitrogens with one attached hydrogen (secondary N) is 2. The lowest BCUT2D eigenvalue weighted by atomic mass is 9.94. The van der Waals surface area contributed by atoms with E-state index in [0.717, 1.165) is 43.7 Å². The molecule has 1 atom stereocenters. The van der Waals surface area contributed by atoms with E-state index in [-0.39, 0.29) is 17.5 Å². The summed E-state index contributed by atoms with van der Waals surface area (Å²) in [5, 5.41) is 5.83. The first kappa shape index (κ1) is 23.1. The van der Waals surface area contributed by atoms with Gasteiger partial charge >= 0.3 is 0 Å². The fraction of sp³-hybridized carbons (Fsp3) is 0.500. The molecule has 2 aliphatic rings. The van der Waals surface area contributed by atoms with E-state index in [2.05, 4.69) is 21.6 Å². The lowest BCUT2D eigenvalue weighted by molar-refractivity contribution is -0.118. The quantitative estimate of drug-likeness (QED) is 0.610. The standard InChI is InChI=1S/C26H33N3O4/c1-3-4-11-20(25(31)27-18-9-7-10-19(16-18)29-14-5-6-15-29)28-26(32)24-17(2)23-21(30)12-8-13-22(23)33-24/h7,9-10,16,20H,3-6,8,11-15H2,1-2H3,(H,27,31)(H,28,32). The van der Waals surface area contributed by atoms with Crippen molar-refractivity contribution in [3.8, 4) is 0 Å². The summed E-state index contributed by atoms with van der Waals surface area (Å²) in [6, 6.07) is 7.16. The molecule has 1 aliphatic heterocycles. The van der Waals surface area contributed by atoms with E-state index in [1.54, 1.807) is 6.92 Å². The highest BCUT2D eigenvalue weighted by atomic mass is 16.4. The number of rotatable bonds is 8. The van der Waals surface area contributed by atoms with Gasteiger partial charge in [-0.15, -0.1) is 0 Å². The summed E-state index contributed by atoms with van der Waals surface area (Å²) in [5.41, 5.74) is 2.93. The predicted octanol–water partition coefficient (Wildman–Crippen LogP) is 4.63. The monoisotopic (exact) mass is 451 g/mol. The summed E-state index contributed by atoms with van der Waals surface area (Å²) < 4.78 is 5.78. The molecule has 1 aromatic heterocycles. The van der Waals surface area contributed by atoms with Crippen molar-refractivity contribution in [3.63, 3.8) is 0 Å². The van der Waals surface area contributed by atoms with Crippen LogP contribution in [0, 0.1) is 6.92 Å². The first-order valence-electron chi connectivity index (χ1n) is 12.1. The van der Waals surface area contributed by atoms with Gasteiger partial charge < -0.3 is 20.0 Å². The number of unbranched alkanes of at least 4 members (excludes halogenated alkanes) is 1. The number of benzene rings is 1. The first-order valence-corrected chi connectivity index (χ1v) is 12.1. The second-order valence-electron chi connectivity index (χ2n) is 9.03. The minimum atomic E-state index is -0.690. The lowest BCUT2D eigenvalue weighted by Crippen LogP contribution is -2.44. The second-order valence-corrected chi connectivity index (χ2v) is 9.03. The third-order valence-electron chi connectivity index (χ3n) is 6.57. The van der Waals surface area contributed by atoms with Gasteiger partial charge in [0.25, 0.3) is 5.91 Å². The number of fused-ring (bicyclic) bond motifs is 1. The normalized spacial score (nSPS) is 16.4. The fourth-order valence-electron chi connectivity index (χ4n) is 4.75. The molecule has 1 saturated heterocycles. The molecule has 7 heteroatoms. The number of hydrogen-bond acceptors (Lipinski definition) is 5. The maximum absolute atomic E-state index is 13.1. The molecule has 0 radical (unpaired) electrons.